The minimum atomic E-state index is -0.227. The molecule has 2 amide bonds. The molecule has 1 aromatic rings. The van der Waals surface area contributed by atoms with Crippen LogP contribution in [0.1, 0.15) is 23.7 Å². The van der Waals surface area contributed by atoms with Crippen LogP contribution in [0.15, 0.2) is 18.2 Å². The lowest BCUT2D eigenvalue weighted by Gasteiger charge is -2.22. The number of rotatable bonds is 5. The highest BCUT2D eigenvalue weighted by atomic mass is 16.5. The number of hydrogen-bond acceptors (Lipinski definition) is 4. The maximum absolute atomic E-state index is 12.3. The molecule has 0 radical (unpaired) electrons. The highest BCUT2D eigenvalue weighted by Crippen LogP contribution is 2.28. The summed E-state index contributed by atoms with van der Waals surface area (Å²) in [5.74, 6) is 0.220. The quantitative estimate of drug-likeness (QED) is 0.837. The number of fused-ring (bicyclic) bond motifs is 1. The van der Waals surface area contributed by atoms with Crippen molar-refractivity contribution in [1.82, 2.24) is 4.90 Å². The molecule has 0 spiro atoms. The fourth-order valence-electron chi connectivity index (χ4n) is 2.06. The van der Waals surface area contributed by atoms with E-state index in [1.807, 2.05) is 6.92 Å². The Bertz CT molecular complexity index is 516. The SMILES string of the molecule is CCN(CCCO)C(=O)c1ccc2c(c1)NC(=O)CO2. The average Bonchev–Trinajstić information content (AvgIpc) is 2.47. The molecule has 0 atom stereocenters. The van der Waals surface area contributed by atoms with E-state index in [0.717, 1.165) is 0 Å². The van der Waals surface area contributed by atoms with Crippen molar-refractivity contribution in [3.05, 3.63) is 23.8 Å². The van der Waals surface area contributed by atoms with Gasteiger partial charge in [-0.15, -0.1) is 0 Å². The molecule has 1 aromatic carbocycles. The summed E-state index contributed by atoms with van der Waals surface area (Å²) in [4.78, 5) is 25.3. The van der Waals surface area contributed by atoms with Crippen LogP contribution in [-0.4, -0.2) is 48.1 Å². The number of ether oxygens (including phenoxy) is 1. The first kappa shape index (κ1) is 14.3. The van der Waals surface area contributed by atoms with Gasteiger partial charge in [-0.2, -0.15) is 0 Å². The van der Waals surface area contributed by atoms with Gasteiger partial charge in [-0.1, -0.05) is 0 Å². The number of carbonyl (C=O) groups is 2. The van der Waals surface area contributed by atoms with Crippen LogP contribution >= 0.6 is 0 Å². The third kappa shape index (κ3) is 3.08. The van der Waals surface area contributed by atoms with E-state index >= 15 is 0 Å². The van der Waals surface area contributed by atoms with Crippen LogP contribution in [0.2, 0.25) is 0 Å². The fourth-order valence-corrected chi connectivity index (χ4v) is 2.06. The van der Waals surface area contributed by atoms with Crippen molar-refractivity contribution in [2.75, 3.05) is 31.6 Å². The van der Waals surface area contributed by atoms with Gasteiger partial charge in [0.15, 0.2) is 6.61 Å². The topological polar surface area (TPSA) is 78.9 Å². The molecule has 2 N–H and O–H groups in total. The molecule has 2 rings (SSSR count). The number of aliphatic hydroxyl groups excluding tert-OH is 1. The van der Waals surface area contributed by atoms with Crippen LogP contribution in [0.25, 0.3) is 0 Å². The molecule has 1 aliphatic heterocycles. The largest absolute Gasteiger partial charge is 0.482 e. The molecule has 20 heavy (non-hydrogen) atoms. The van der Waals surface area contributed by atoms with Gasteiger partial charge in [0.05, 0.1) is 5.69 Å². The average molecular weight is 278 g/mol. The molecule has 0 fully saturated rings. The lowest BCUT2D eigenvalue weighted by atomic mass is 10.1. The lowest BCUT2D eigenvalue weighted by molar-refractivity contribution is -0.118. The summed E-state index contributed by atoms with van der Waals surface area (Å²) in [6.45, 7) is 3.01. The second-order valence-corrected chi connectivity index (χ2v) is 4.51. The number of carbonyl (C=O) groups excluding carboxylic acids is 2. The van der Waals surface area contributed by atoms with Gasteiger partial charge < -0.3 is 20.1 Å². The Kier molecular flexibility index (Phi) is 4.57. The first-order valence-electron chi connectivity index (χ1n) is 6.62. The van der Waals surface area contributed by atoms with E-state index in [2.05, 4.69) is 5.32 Å². The molecule has 108 valence electrons. The predicted molar refractivity (Wildman–Crippen MR) is 73.8 cm³/mol. The van der Waals surface area contributed by atoms with Crippen LogP contribution in [0, 0.1) is 0 Å². The third-order valence-electron chi connectivity index (χ3n) is 3.11. The number of nitrogens with zero attached hydrogens (tertiary/aromatic N) is 1. The van der Waals surface area contributed by atoms with Crippen molar-refractivity contribution >= 4 is 17.5 Å². The summed E-state index contributed by atoms with van der Waals surface area (Å²) in [7, 11) is 0. The number of amides is 2. The fraction of sp³-hybridized carbons (Fsp3) is 0.429. The monoisotopic (exact) mass is 278 g/mol. The summed E-state index contributed by atoms with van der Waals surface area (Å²) < 4.78 is 5.25. The number of hydrogen-bond donors (Lipinski definition) is 2. The van der Waals surface area contributed by atoms with Crippen LogP contribution in [0.3, 0.4) is 0 Å². The number of anilines is 1. The predicted octanol–water partition coefficient (Wildman–Crippen LogP) is 0.862. The van der Waals surface area contributed by atoms with Crippen LogP contribution < -0.4 is 10.1 Å². The molecular weight excluding hydrogens is 260 g/mol. The van der Waals surface area contributed by atoms with Crippen molar-refractivity contribution in [1.29, 1.82) is 0 Å². The van der Waals surface area contributed by atoms with Gasteiger partial charge >= 0.3 is 0 Å². The summed E-state index contributed by atoms with van der Waals surface area (Å²) >= 11 is 0. The van der Waals surface area contributed by atoms with Crippen molar-refractivity contribution < 1.29 is 19.4 Å². The molecule has 0 saturated heterocycles. The third-order valence-corrected chi connectivity index (χ3v) is 3.11. The van der Waals surface area contributed by atoms with E-state index in [1.54, 1.807) is 23.1 Å². The van der Waals surface area contributed by atoms with Crippen molar-refractivity contribution in [2.24, 2.45) is 0 Å². The Balaban J connectivity index is 2.17. The molecule has 1 aliphatic rings. The van der Waals surface area contributed by atoms with E-state index < -0.39 is 0 Å². The zero-order chi connectivity index (χ0) is 14.5. The van der Waals surface area contributed by atoms with E-state index in [9.17, 15) is 9.59 Å². The number of benzene rings is 1. The van der Waals surface area contributed by atoms with E-state index in [0.29, 0.717) is 36.5 Å². The molecule has 6 nitrogen and oxygen atoms in total. The van der Waals surface area contributed by atoms with Gasteiger partial charge in [0.1, 0.15) is 5.75 Å². The van der Waals surface area contributed by atoms with Crippen molar-refractivity contribution in [3.8, 4) is 5.75 Å². The summed E-state index contributed by atoms with van der Waals surface area (Å²) in [6, 6.07) is 4.98. The van der Waals surface area contributed by atoms with Gasteiger partial charge in [0.2, 0.25) is 0 Å². The summed E-state index contributed by atoms with van der Waals surface area (Å²) in [6.07, 6.45) is 0.546. The standard InChI is InChI=1S/C14H18N2O4/c1-2-16(6-3-7-17)14(19)10-4-5-12-11(8-10)15-13(18)9-20-12/h4-5,8,17H,2-3,6-7,9H2,1H3,(H,15,18). The zero-order valence-corrected chi connectivity index (χ0v) is 11.4. The minimum Gasteiger partial charge on any atom is -0.482 e. The molecule has 0 unspecified atom stereocenters. The number of aliphatic hydroxyl groups is 1. The van der Waals surface area contributed by atoms with Crippen LogP contribution in [0.4, 0.5) is 5.69 Å². The summed E-state index contributed by atoms with van der Waals surface area (Å²) in [5.41, 5.74) is 1.01. The maximum Gasteiger partial charge on any atom is 0.262 e. The highest BCUT2D eigenvalue weighted by molar-refractivity contribution is 5.99. The molecule has 0 aliphatic carbocycles. The van der Waals surface area contributed by atoms with E-state index in [4.69, 9.17) is 9.84 Å². The maximum atomic E-state index is 12.3. The Morgan fingerprint density at radius 3 is 3.00 bits per heavy atom. The van der Waals surface area contributed by atoms with Gasteiger partial charge in [-0.05, 0) is 31.5 Å². The molecule has 1 heterocycles. The Morgan fingerprint density at radius 1 is 1.50 bits per heavy atom. The van der Waals surface area contributed by atoms with Crippen molar-refractivity contribution in [3.63, 3.8) is 0 Å². The van der Waals surface area contributed by atoms with E-state index in [-0.39, 0.29) is 25.0 Å². The highest BCUT2D eigenvalue weighted by Gasteiger charge is 2.19. The smallest absolute Gasteiger partial charge is 0.262 e. The Labute approximate surface area is 117 Å². The van der Waals surface area contributed by atoms with E-state index in [1.165, 1.54) is 0 Å². The molecule has 0 saturated carbocycles. The Morgan fingerprint density at radius 2 is 2.30 bits per heavy atom. The first-order valence-corrected chi connectivity index (χ1v) is 6.62. The van der Waals surface area contributed by atoms with Gasteiger partial charge in [-0.25, -0.2) is 0 Å². The zero-order valence-electron chi connectivity index (χ0n) is 11.4. The lowest BCUT2D eigenvalue weighted by Crippen LogP contribution is -2.32. The number of nitrogens with one attached hydrogen (secondary N) is 1. The molecular formula is C14H18N2O4. The van der Waals surface area contributed by atoms with Crippen LogP contribution in [-0.2, 0) is 4.79 Å². The normalized spacial score (nSPS) is 13.2. The molecule has 0 aromatic heterocycles. The Hall–Kier alpha value is -2.08. The second-order valence-electron chi connectivity index (χ2n) is 4.51. The van der Waals surface area contributed by atoms with Crippen molar-refractivity contribution in [2.45, 2.75) is 13.3 Å². The minimum absolute atomic E-state index is 0.00211. The van der Waals surface area contributed by atoms with Gasteiger partial charge in [0.25, 0.3) is 11.8 Å². The summed E-state index contributed by atoms with van der Waals surface area (Å²) in [5, 5.41) is 11.5. The van der Waals surface area contributed by atoms with Gasteiger partial charge in [-0.3, -0.25) is 9.59 Å². The second kappa shape index (κ2) is 6.38. The molecule has 6 heteroatoms. The van der Waals surface area contributed by atoms with Crippen LogP contribution in [0.5, 0.6) is 5.75 Å². The first-order chi connectivity index (χ1) is 9.65. The molecule has 0 bridgehead atoms. The van der Waals surface area contributed by atoms with Gasteiger partial charge in [0, 0.05) is 25.3 Å².